The van der Waals surface area contributed by atoms with E-state index in [-0.39, 0.29) is 34.7 Å². The van der Waals surface area contributed by atoms with Crippen molar-refractivity contribution in [1.29, 1.82) is 0 Å². The van der Waals surface area contributed by atoms with Crippen LogP contribution in [0.3, 0.4) is 0 Å². The van der Waals surface area contributed by atoms with Crippen LogP contribution in [0, 0.1) is 13.8 Å². The zero-order valence-corrected chi connectivity index (χ0v) is 26.9. The molecule has 0 unspecified atom stereocenters. The number of hydrogen-bond acceptors (Lipinski definition) is 8. The number of carbonyl (C=O) groups excluding carboxylic acids is 2. The van der Waals surface area contributed by atoms with Crippen LogP contribution in [0.25, 0.3) is 0 Å². The molecule has 0 saturated carbocycles. The van der Waals surface area contributed by atoms with Crippen LogP contribution in [0.15, 0.2) is 24.3 Å². The lowest BCUT2D eigenvalue weighted by molar-refractivity contribution is 0.111. The van der Waals surface area contributed by atoms with E-state index in [2.05, 4.69) is 62.0 Å². The summed E-state index contributed by atoms with van der Waals surface area (Å²) >= 11 is 0. The summed E-state index contributed by atoms with van der Waals surface area (Å²) in [5, 5.41) is 29.1. The van der Waals surface area contributed by atoms with E-state index in [9.17, 15) is 19.8 Å². The Hall–Kier alpha value is -2.78. The van der Waals surface area contributed by atoms with Gasteiger partial charge in [-0.3, -0.25) is 19.4 Å². The molecule has 1 saturated heterocycles. The van der Waals surface area contributed by atoms with Gasteiger partial charge in [-0.2, -0.15) is 0 Å². The first-order chi connectivity index (χ1) is 19.6. The van der Waals surface area contributed by atoms with Gasteiger partial charge in [-0.05, 0) is 91.5 Å². The van der Waals surface area contributed by atoms with Crippen molar-refractivity contribution in [1.82, 2.24) is 20.4 Å². The maximum atomic E-state index is 11.6. The molecule has 232 valence electrons. The second kappa shape index (κ2) is 14.1. The van der Waals surface area contributed by atoms with Crippen LogP contribution in [0.2, 0.25) is 0 Å². The molecule has 0 spiro atoms. The van der Waals surface area contributed by atoms with Crippen molar-refractivity contribution < 1.29 is 19.8 Å². The predicted molar refractivity (Wildman–Crippen MR) is 170 cm³/mol. The molecule has 8 heteroatoms. The number of aromatic hydroxyl groups is 2. The number of benzene rings is 2. The Morgan fingerprint density at radius 3 is 1.43 bits per heavy atom. The average Bonchev–Trinajstić information content (AvgIpc) is 2.89. The lowest BCUT2D eigenvalue weighted by atomic mass is 9.93. The van der Waals surface area contributed by atoms with Gasteiger partial charge >= 0.3 is 0 Å². The van der Waals surface area contributed by atoms with Crippen LogP contribution < -0.4 is 10.6 Å². The zero-order chi connectivity index (χ0) is 31.2. The highest BCUT2D eigenvalue weighted by atomic mass is 16.3. The lowest BCUT2D eigenvalue weighted by Crippen LogP contribution is -2.53. The van der Waals surface area contributed by atoms with Gasteiger partial charge in [0.15, 0.2) is 12.6 Å². The highest BCUT2D eigenvalue weighted by Gasteiger charge is 2.29. The maximum absolute atomic E-state index is 11.6. The Kier molecular flexibility index (Phi) is 11.3. The van der Waals surface area contributed by atoms with Crippen molar-refractivity contribution in [3.8, 4) is 11.5 Å². The molecule has 8 nitrogen and oxygen atoms in total. The second-order valence-corrected chi connectivity index (χ2v) is 13.6. The SMILES string of the molecule is Cc1cc(C=O)c(O)c(CN2CCNC(C)(C)C[C@H](C)N(Cc3cc(C)cc(C=O)c3O)CCNC(C)(C)C[C@H]2C)c1. The third kappa shape index (κ3) is 9.11. The van der Waals surface area contributed by atoms with Gasteiger partial charge in [0.25, 0.3) is 0 Å². The summed E-state index contributed by atoms with van der Waals surface area (Å²) < 4.78 is 0. The summed E-state index contributed by atoms with van der Waals surface area (Å²) in [6.45, 7) is 21.5. The van der Waals surface area contributed by atoms with E-state index in [0.717, 1.165) is 73.8 Å². The van der Waals surface area contributed by atoms with Crippen LogP contribution in [-0.2, 0) is 13.1 Å². The summed E-state index contributed by atoms with van der Waals surface area (Å²) in [5.74, 6) is 0.142. The van der Waals surface area contributed by atoms with Crippen LogP contribution >= 0.6 is 0 Å². The minimum Gasteiger partial charge on any atom is -0.507 e. The van der Waals surface area contributed by atoms with Crippen molar-refractivity contribution in [3.05, 3.63) is 57.6 Å². The molecule has 3 rings (SSSR count). The van der Waals surface area contributed by atoms with Gasteiger partial charge in [0.2, 0.25) is 0 Å². The molecule has 2 aromatic carbocycles. The van der Waals surface area contributed by atoms with Crippen LogP contribution in [0.1, 0.15) is 97.4 Å². The fourth-order valence-corrected chi connectivity index (χ4v) is 6.49. The molecule has 42 heavy (non-hydrogen) atoms. The highest BCUT2D eigenvalue weighted by molar-refractivity contribution is 5.81. The number of nitrogens with zero attached hydrogens (tertiary/aromatic N) is 2. The summed E-state index contributed by atoms with van der Waals surface area (Å²) in [7, 11) is 0. The summed E-state index contributed by atoms with van der Waals surface area (Å²) in [4.78, 5) is 27.9. The number of hydrogen-bond donors (Lipinski definition) is 4. The van der Waals surface area contributed by atoms with E-state index in [0.29, 0.717) is 24.2 Å². The Morgan fingerprint density at radius 2 is 1.10 bits per heavy atom. The number of rotatable bonds is 6. The minimum absolute atomic E-state index is 0.0710. The third-order valence-corrected chi connectivity index (χ3v) is 8.59. The Labute approximate surface area is 252 Å². The molecule has 2 atom stereocenters. The summed E-state index contributed by atoms with van der Waals surface area (Å²) in [6, 6.07) is 7.81. The molecule has 1 fully saturated rings. The van der Waals surface area contributed by atoms with Gasteiger partial charge in [0.05, 0.1) is 11.1 Å². The van der Waals surface area contributed by atoms with E-state index in [1.54, 1.807) is 12.1 Å². The second-order valence-electron chi connectivity index (χ2n) is 13.6. The Bertz CT molecular complexity index is 1150. The molecule has 0 radical (unpaired) electrons. The standard InChI is InChI=1S/C34H52N4O4/c1-23-13-27(31(41)29(15-23)21-39)19-37-11-9-35-34(7,8)18-26(4)38(12-10-36-33(5,6)17-25(37)3)20-28-14-24(2)16-30(22-40)32(28)42/h13-16,21-22,25-26,35-36,41-42H,9-12,17-20H2,1-8H3/t25-,26+. The summed E-state index contributed by atoms with van der Waals surface area (Å²) in [6.07, 6.45) is 3.23. The first-order valence-corrected chi connectivity index (χ1v) is 15.2. The van der Waals surface area contributed by atoms with Gasteiger partial charge in [-0.1, -0.05) is 12.1 Å². The zero-order valence-electron chi connectivity index (χ0n) is 26.9. The Balaban J connectivity index is 1.84. The van der Waals surface area contributed by atoms with Gasteiger partial charge in [-0.15, -0.1) is 0 Å². The van der Waals surface area contributed by atoms with Crippen molar-refractivity contribution in [2.75, 3.05) is 26.2 Å². The minimum atomic E-state index is -0.151. The number of aldehydes is 2. The quantitative estimate of drug-likeness (QED) is 0.356. The van der Waals surface area contributed by atoms with E-state index in [1.165, 1.54) is 0 Å². The molecule has 0 amide bonds. The van der Waals surface area contributed by atoms with E-state index in [1.807, 2.05) is 26.0 Å². The first kappa shape index (κ1) is 33.7. The van der Waals surface area contributed by atoms with Crippen molar-refractivity contribution in [2.45, 2.75) is 104 Å². The number of phenols is 2. The number of aryl methyl sites for hydroxylation is 2. The molecule has 4 N–H and O–H groups in total. The number of nitrogens with one attached hydrogen (secondary N) is 2. The van der Waals surface area contributed by atoms with Gasteiger partial charge in [0, 0.05) is 73.6 Å². The molecule has 1 heterocycles. The largest absolute Gasteiger partial charge is 0.507 e. The highest BCUT2D eigenvalue weighted by Crippen LogP contribution is 2.29. The first-order valence-electron chi connectivity index (χ1n) is 15.2. The number of carbonyl (C=O) groups is 2. The fourth-order valence-electron chi connectivity index (χ4n) is 6.49. The molecule has 0 aliphatic carbocycles. The molecule has 1 aliphatic rings. The van der Waals surface area contributed by atoms with E-state index in [4.69, 9.17) is 0 Å². The molecule has 0 bridgehead atoms. The fraction of sp³-hybridized carbons (Fsp3) is 0.588. The normalized spacial score (nSPS) is 22.8. The van der Waals surface area contributed by atoms with Gasteiger partial charge < -0.3 is 20.8 Å². The van der Waals surface area contributed by atoms with E-state index >= 15 is 0 Å². The monoisotopic (exact) mass is 580 g/mol. The van der Waals surface area contributed by atoms with Crippen LogP contribution in [0.4, 0.5) is 0 Å². The van der Waals surface area contributed by atoms with E-state index < -0.39 is 0 Å². The van der Waals surface area contributed by atoms with Gasteiger partial charge in [-0.25, -0.2) is 0 Å². The molecule has 2 aromatic rings. The average molecular weight is 581 g/mol. The topological polar surface area (TPSA) is 105 Å². The molecular weight excluding hydrogens is 528 g/mol. The molecular formula is C34H52N4O4. The lowest BCUT2D eigenvalue weighted by Gasteiger charge is -2.40. The molecule has 0 aromatic heterocycles. The smallest absolute Gasteiger partial charge is 0.153 e. The molecule has 1 aliphatic heterocycles. The van der Waals surface area contributed by atoms with Gasteiger partial charge in [0.1, 0.15) is 11.5 Å². The Morgan fingerprint density at radius 1 is 0.738 bits per heavy atom. The maximum Gasteiger partial charge on any atom is 0.153 e. The van der Waals surface area contributed by atoms with Crippen molar-refractivity contribution in [3.63, 3.8) is 0 Å². The van der Waals surface area contributed by atoms with Crippen LogP contribution in [0.5, 0.6) is 11.5 Å². The van der Waals surface area contributed by atoms with Crippen molar-refractivity contribution >= 4 is 12.6 Å². The number of phenolic OH excluding ortho intramolecular Hbond substituents is 2. The van der Waals surface area contributed by atoms with Crippen molar-refractivity contribution in [2.24, 2.45) is 0 Å². The summed E-state index contributed by atoms with van der Waals surface area (Å²) in [5.41, 5.74) is 3.83. The third-order valence-electron chi connectivity index (χ3n) is 8.59. The predicted octanol–water partition coefficient (Wildman–Crippen LogP) is 4.95. The van der Waals surface area contributed by atoms with Crippen LogP contribution in [-0.4, -0.2) is 81.9 Å².